The summed E-state index contributed by atoms with van der Waals surface area (Å²) in [6.45, 7) is 5.75. The Hall–Kier alpha value is -2.41. The fourth-order valence-corrected chi connectivity index (χ4v) is 3.26. The summed E-state index contributed by atoms with van der Waals surface area (Å²) in [5, 5.41) is 8.22. The van der Waals surface area contributed by atoms with Crippen molar-refractivity contribution in [1.82, 2.24) is 15.0 Å². The molecule has 2 aromatic rings. The van der Waals surface area contributed by atoms with Crippen molar-refractivity contribution >= 4 is 17.3 Å². The van der Waals surface area contributed by atoms with Crippen LogP contribution in [-0.4, -0.2) is 54.3 Å². The standard InChI is InChI=1S/C17H21N5O2/c1-17(11-24-12-17)10-21-9-13(18-19-21)16(23)22-8-7-20(2)14-5-3-4-6-15(14)22/h3-6,9H,7-8,10-12H2,1-2H3. The van der Waals surface area contributed by atoms with E-state index in [4.69, 9.17) is 4.74 Å². The molecule has 0 radical (unpaired) electrons. The fraction of sp³-hybridized carbons (Fsp3) is 0.471. The molecule has 0 N–H and O–H groups in total. The van der Waals surface area contributed by atoms with Crippen LogP contribution in [-0.2, 0) is 11.3 Å². The van der Waals surface area contributed by atoms with E-state index in [1.165, 1.54) is 0 Å². The molecule has 0 atom stereocenters. The molecule has 0 unspecified atom stereocenters. The van der Waals surface area contributed by atoms with E-state index in [0.29, 0.717) is 18.8 Å². The molecule has 7 nitrogen and oxygen atoms in total. The van der Waals surface area contributed by atoms with Gasteiger partial charge in [-0.3, -0.25) is 9.48 Å². The number of benzene rings is 1. The van der Waals surface area contributed by atoms with Gasteiger partial charge < -0.3 is 14.5 Å². The second-order valence-electron chi connectivity index (χ2n) is 6.97. The number of para-hydroxylation sites is 2. The summed E-state index contributed by atoms with van der Waals surface area (Å²) in [6, 6.07) is 7.94. The Morgan fingerprint density at radius 1 is 1.25 bits per heavy atom. The van der Waals surface area contributed by atoms with Crippen LogP contribution in [0.1, 0.15) is 17.4 Å². The van der Waals surface area contributed by atoms with Crippen molar-refractivity contribution in [3.63, 3.8) is 0 Å². The highest BCUT2D eigenvalue weighted by Gasteiger charge is 2.34. The number of nitrogens with zero attached hydrogens (tertiary/aromatic N) is 5. The van der Waals surface area contributed by atoms with Crippen LogP contribution >= 0.6 is 0 Å². The smallest absolute Gasteiger partial charge is 0.280 e. The van der Waals surface area contributed by atoms with Gasteiger partial charge in [-0.15, -0.1) is 5.10 Å². The van der Waals surface area contributed by atoms with Crippen molar-refractivity contribution in [2.24, 2.45) is 5.41 Å². The lowest BCUT2D eigenvalue weighted by Crippen LogP contribution is -2.43. The molecular weight excluding hydrogens is 306 g/mol. The summed E-state index contributed by atoms with van der Waals surface area (Å²) in [5.74, 6) is -0.100. The normalized spacial score (nSPS) is 18.9. The first kappa shape index (κ1) is 15.1. The van der Waals surface area contributed by atoms with Gasteiger partial charge in [-0.05, 0) is 12.1 Å². The van der Waals surface area contributed by atoms with Crippen LogP contribution in [0.2, 0.25) is 0 Å². The van der Waals surface area contributed by atoms with Gasteiger partial charge in [0.1, 0.15) is 0 Å². The van der Waals surface area contributed by atoms with Crippen LogP contribution < -0.4 is 9.80 Å². The lowest BCUT2D eigenvalue weighted by atomic mass is 9.89. The third kappa shape index (κ3) is 2.54. The zero-order chi connectivity index (χ0) is 16.7. The fourth-order valence-electron chi connectivity index (χ4n) is 3.26. The molecule has 7 heteroatoms. The number of fused-ring (bicyclic) bond motifs is 1. The summed E-state index contributed by atoms with van der Waals surface area (Å²) in [6.07, 6.45) is 1.74. The van der Waals surface area contributed by atoms with Crippen LogP contribution in [0.5, 0.6) is 0 Å². The van der Waals surface area contributed by atoms with Crippen molar-refractivity contribution in [3.8, 4) is 0 Å². The monoisotopic (exact) mass is 327 g/mol. The quantitative estimate of drug-likeness (QED) is 0.853. The Morgan fingerprint density at radius 2 is 2.00 bits per heavy atom. The number of anilines is 2. The second kappa shape index (κ2) is 5.59. The molecule has 1 aromatic heterocycles. The molecule has 1 fully saturated rings. The third-order valence-electron chi connectivity index (χ3n) is 4.69. The Morgan fingerprint density at radius 3 is 2.71 bits per heavy atom. The topological polar surface area (TPSA) is 63.5 Å². The van der Waals surface area contributed by atoms with E-state index in [1.54, 1.807) is 15.8 Å². The van der Waals surface area contributed by atoms with Crippen LogP contribution in [0.3, 0.4) is 0 Å². The summed E-state index contributed by atoms with van der Waals surface area (Å²) >= 11 is 0. The van der Waals surface area contributed by atoms with Crippen molar-refractivity contribution in [3.05, 3.63) is 36.2 Å². The average Bonchev–Trinajstić information content (AvgIpc) is 3.02. The Kier molecular flexibility index (Phi) is 3.53. The van der Waals surface area contributed by atoms with E-state index >= 15 is 0 Å². The minimum Gasteiger partial charge on any atom is -0.380 e. The molecule has 2 aliphatic rings. The Labute approximate surface area is 140 Å². The SMILES string of the molecule is CN1CCN(C(=O)c2cn(CC3(C)COC3)nn2)c2ccccc21. The van der Waals surface area contributed by atoms with E-state index in [2.05, 4.69) is 22.1 Å². The number of rotatable bonds is 3. The van der Waals surface area contributed by atoms with E-state index in [1.807, 2.05) is 31.3 Å². The molecule has 3 heterocycles. The zero-order valence-corrected chi connectivity index (χ0v) is 14.0. The number of ether oxygens (including phenoxy) is 1. The highest BCUT2D eigenvalue weighted by molar-refractivity contribution is 6.07. The highest BCUT2D eigenvalue weighted by atomic mass is 16.5. The largest absolute Gasteiger partial charge is 0.380 e. The van der Waals surface area contributed by atoms with Gasteiger partial charge in [0.15, 0.2) is 5.69 Å². The van der Waals surface area contributed by atoms with Crippen molar-refractivity contribution in [2.75, 3.05) is 43.2 Å². The lowest BCUT2D eigenvalue weighted by molar-refractivity contribution is -0.111. The first-order chi connectivity index (χ1) is 11.6. The van der Waals surface area contributed by atoms with E-state index in [9.17, 15) is 4.79 Å². The second-order valence-corrected chi connectivity index (χ2v) is 6.97. The van der Waals surface area contributed by atoms with Crippen molar-refractivity contribution in [1.29, 1.82) is 0 Å². The predicted octanol–water partition coefficient (Wildman–Crippen LogP) is 1.41. The molecule has 4 rings (SSSR count). The number of aromatic nitrogens is 3. The van der Waals surface area contributed by atoms with E-state index < -0.39 is 0 Å². The van der Waals surface area contributed by atoms with Crippen molar-refractivity contribution in [2.45, 2.75) is 13.5 Å². The van der Waals surface area contributed by atoms with Crippen molar-refractivity contribution < 1.29 is 9.53 Å². The molecule has 1 saturated heterocycles. The van der Waals surface area contributed by atoms with Gasteiger partial charge in [0.2, 0.25) is 0 Å². The minimum absolute atomic E-state index is 0.0917. The Balaban J connectivity index is 1.56. The molecule has 0 aliphatic carbocycles. The van der Waals surface area contributed by atoms with Crippen LogP contribution in [0.4, 0.5) is 11.4 Å². The molecule has 126 valence electrons. The summed E-state index contributed by atoms with van der Waals surface area (Å²) < 4.78 is 7.02. The van der Waals surface area contributed by atoms with E-state index in [0.717, 1.165) is 31.1 Å². The number of likely N-dealkylation sites (N-methyl/N-ethyl adjacent to an activating group) is 1. The van der Waals surface area contributed by atoms with Gasteiger partial charge in [-0.1, -0.05) is 24.3 Å². The predicted molar refractivity (Wildman–Crippen MR) is 90.3 cm³/mol. The average molecular weight is 327 g/mol. The molecule has 0 saturated carbocycles. The summed E-state index contributed by atoms with van der Waals surface area (Å²) in [4.78, 5) is 16.8. The third-order valence-corrected chi connectivity index (χ3v) is 4.69. The van der Waals surface area contributed by atoms with Gasteiger partial charge >= 0.3 is 0 Å². The number of amides is 1. The molecule has 2 aliphatic heterocycles. The first-order valence-electron chi connectivity index (χ1n) is 8.16. The van der Waals surface area contributed by atoms with Gasteiger partial charge in [0, 0.05) is 25.6 Å². The van der Waals surface area contributed by atoms with Gasteiger partial charge in [0.05, 0.1) is 37.3 Å². The van der Waals surface area contributed by atoms with Gasteiger partial charge in [0.25, 0.3) is 5.91 Å². The van der Waals surface area contributed by atoms with Gasteiger partial charge in [-0.25, -0.2) is 0 Å². The van der Waals surface area contributed by atoms with E-state index in [-0.39, 0.29) is 11.3 Å². The number of carbonyl (C=O) groups is 1. The highest BCUT2D eigenvalue weighted by Crippen LogP contribution is 2.32. The number of hydrogen-bond acceptors (Lipinski definition) is 5. The molecule has 0 spiro atoms. The van der Waals surface area contributed by atoms with Gasteiger partial charge in [-0.2, -0.15) is 0 Å². The Bertz CT molecular complexity index is 768. The minimum atomic E-state index is -0.100. The molecule has 1 amide bonds. The first-order valence-corrected chi connectivity index (χ1v) is 8.16. The maximum absolute atomic E-state index is 12.9. The number of carbonyl (C=O) groups excluding carboxylic acids is 1. The summed E-state index contributed by atoms with van der Waals surface area (Å²) in [7, 11) is 2.04. The van der Waals surface area contributed by atoms with Crippen LogP contribution in [0, 0.1) is 5.41 Å². The number of hydrogen-bond donors (Lipinski definition) is 0. The van der Waals surface area contributed by atoms with Crippen LogP contribution in [0.15, 0.2) is 30.5 Å². The maximum atomic E-state index is 12.9. The maximum Gasteiger partial charge on any atom is 0.280 e. The molecule has 24 heavy (non-hydrogen) atoms. The zero-order valence-electron chi connectivity index (χ0n) is 14.0. The molecule has 1 aromatic carbocycles. The molecular formula is C17H21N5O2. The lowest BCUT2D eigenvalue weighted by Gasteiger charge is -2.37. The van der Waals surface area contributed by atoms with Crippen LogP contribution in [0.25, 0.3) is 0 Å². The summed E-state index contributed by atoms with van der Waals surface area (Å²) in [5.41, 5.74) is 2.46. The molecule has 0 bridgehead atoms.